The van der Waals surface area contributed by atoms with Crippen LogP contribution in [-0.4, -0.2) is 49.3 Å². The number of sulfone groups is 1. The summed E-state index contributed by atoms with van der Waals surface area (Å²) in [4.78, 5) is 24.6. The van der Waals surface area contributed by atoms with Crippen molar-refractivity contribution in [2.24, 2.45) is 0 Å². The molecule has 1 aromatic heterocycles. The van der Waals surface area contributed by atoms with Crippen molar-refractivity contribution in [3.8, 4) is 5.69 Å². The SMILES string of the molecule is O=C(NC[C@H]1CCCO1)C(=O)Nc1c2c(nn1-c1ccc(Cl)cc1)CS(=O)(=O)C2. The Hall–Kier alpha value is -2.43. The summed E-state index contributed by atoms with van der Waals surface area (Å²) >= 11 is 5.92. The van der Waals surface area contributed by atoms with Gasteiger partial charge in [-0.2, -0.15) is 5.10 Å². The Balaban J connectivity index is 1.57. The van der Waals surface area contributed by atoms with Gasteiger partial charge in [0.2, 0.25) is 0 Å². The van der Waals surface area contributed by atoms with Gasteiger partial charge in [0, 0.05) is 23.7 Å². The van der Waals surface area contributed by atoms with Gasteiger partial charge in [-0.25, -0.2) is 13.1 Å². The van der Waals surface area contributed by atoms with Gasteiger partial charge in [-0.1, -0.05) is 11.6 Å². The van der Waals surface area contributed by atoms with Gasteiger partial charge in [0.1, 0.15) is 5.82 Å². The van der Waals surface area contributed by atoms with Crippen molar-refractivity contribution >= 4 is 39.1 Å². The molecule has 0 saturated carbocycles. The van der Waals surface area contributed by atoms with Crippen LogP contribution < -0.4 is 10.6 Å². The number of hydrogen-bond acceptors (Lipinski definition) is 6. The highest BCUT2D eigenvalue weighted by atomic mass is 35.5. The first-order valence-electron chi connectivity index (χ1n) is 9.10. The number of anilines is 1. The third-order valence-electron chi connectivity index (χ3n) is 4.81. The lowest BCUT2D eigenvalue weighted by Gasteiger charge is -2.13. The third-order valence-corrected chi connectivity index (χ3v) is 6.50. The molecule has 9 nitrogen and oxygen atoms in total. The zero-order valence-electron chi connectivity index (χ0n) is 15.4. The van der Waals surface area contributed by atoms with Gasteiger partial charge in [0.25, 0.3) is 0 Å². The molecule has 4 rings (SSSR count). The summed E-state index contributed by atoms with van der Waals surface area (Å²) in [6.07, 6.45) is 1.66. The van der Waals surface area contributed by atoms with E-state index in [2.05, 4.69) is 15.7 Å². The molecule has 1 atom stereocenters. The zero-order chi connectivity index (χ0) is 20.6. The first-order valence-corrected chi connectivity index (χ1v) is 11.3. The largest absolute Gasteiger partial charge is 0.376 e. The third kappa shape index (κ3) is 4.29. The minimum absolute atomic E-state index is 0.0965. The standard InChI is InChI=1S/C18H19ClN4O5S/c19-11-3-5-12(6-4-11)23-16(14-9-29(26,27)10-15(14)22-23)21-18(25)17(24)20-8-13-2-1-7-28-13/h3-6,13H,1-2,7-10H2,(H,20,24)(H,21,25)/t13-/m1/s1. The smallest absolute Gasteiger partial charge is 0.314 e. The number of rotatable bonds is 4. The molecule has 0 bridgehead atoms. The number of nitrogens with zero attached hydrogens (tertiary/aromatic N) is 2. The van der Waals surface area contributed by atoms with Crippen molar-refractivity contribution in [1.82, 2.24) is 15.1 Å². The maximum absolute atomic E-state index is 12.4. The second-order valence-electron chi connectivity index (χ2n) is 6.99. The number of ether oxygens (including phenoxy) is 1. The number of carbonyl (C=O) groups excluding carboxylic acids is 2. The van der Waals surface area contributed by atoms with Crippen LogP contribution in [0.25, 0.3) is 5.69 Å². The van der Waals surface area contributed by atoms with E-state index in [1.807, 2.05) is 0 Å². The van der Waals surface area contributed by atoms with E-state index >= 15 is 0 Å². The molecule has 1 fully saturated rings. The van der Waals surface area contributed by atoms with E-state index in [1.165, 1.54) is 4.68 Å². The second kappa shape index (κ2) is 7.77. The van der Waals surface area contributed by atoms with Crippen LogP contribution in [0.3, 0.4) is 0 Å². The van der Waals surface area contributed by atoms with Crippen molar-refractivity contribution < 1.29 is 22.7 Å². The minimum atomic E-state index is -3.33. The molecule has 2 N–H and O–H groups in total. The maximum Gasteiger partial charge on any atom is 0.314 e. The average molecular weight is 439 g/mol. The average Bonchev–Trinajstić information content (AvgIpc) is 3.36. The summed E-state index contributed by atoms with van der Waals surface area (Å²) < 4.78 is 30.8. The number of hydrogen-bond donors (Lipinski definition) is 2. The fourth-order valence-electron chi connectivity index (χ4n) is 3.40. The van der Waals surface area contributed by atoms with Crippen molar-refractivity contribution in [2.75, 3.05) is 18.5 Å². The molecule has 0 unspecified atom stereocenters. The van der Waals surface area contributed by atoms with E-state index < -0.39 is 21.7 Å². The summed E-state index contributed by atoms with van der Waals surface area (Å²) in [5.41, 5.74) is 1.33. The van der Waals surface area contributed by atoms with Gasteiger partial charge in [-0.15, -0.1) is 0 Å². The maximum atomic E-state index is 12.4. The molecule has 3 heterocycles. The molecule has 2 aliphatic heterocycles. The van der Waals surface area contributed by atoms with Gasteiger partial charge in [0.15, 0.2) is 9.84 Å². The number of halogens is 1. The topological polar surface area (TPSA) is 119 Å². The number of benzene rings is 1. The van der Waals surface area contributed by atoms with E-state index in [9.17, 15) is 18.0 Å². The van der Waals surface area contributed by atoms with Crippen LogP contribution in [0.4, 0.5) is 5.82 Å². The van der Waals surface area contributed by atoms with E-state index in [4.69, 9.17) is 16.3 Å². The van der Waals surface area contributed by atoms with E-state index in [1.54, 1.807) is 24.3 Å². The lowest BCUT2D eigenvalue weighted by Crippen LogP contribution is -2.39. The summed E-state index contributed by atoms with van der Waals surface area (Å²) in [7, 11) is -3.33. The summed E-state index contributed by atoms with van der Waals surface area (Å²) in [6.45, 7) is 0.892. The van der Waals surface area contributed by atoms with Crippen molar-refractivity contribution in [1.29, 1.82) is 0 Å². The summed E-state index contributed by atoms with van der Waals surface area (Å²) in [5, 5.41) is 9.93. The summed E-state index contributed by atoms with van der Waals surface area (Å²) in [6, 6.07) is 6.68. The van der Waals surface area contributed by atoms with Gasteiger partial charge in [0.05, 0.1) is 29.0 Å². The fourth-order valence-corrected chi connectivity index (χ4v) is 5.02. The highest BCUT2D eigenvalue weighted by Crippen LogP contribution is 2.33. The normalized spacial score (nSPS) is 19.7. The molecule has 0 spiro atoms. The molecular weight excluding hydrogens is 420 g/mol. The molecular formula is C18H19ClN4O5S. The summed E-state index contributed by atoms with van der Waals surface area (Å²) in [5.74, 6) is -2.01. The van der Waals surface area contributed by atoms with Crippen molar-refractivity contribution in [3.63, 3.8) is 0 Å². The Kier molecular flexibility index (Phi) is 5.32. The van der Waals surface area contributed by atoms with E-state index in [0.29, 0.717) is 28.6 Å². The number of nitrogens with one attached hydrogen (secondary N) is 2. The molecule has 1 saturated heterocycles. The Labute approximate surface area is 172 Å². The molecule has 1 aromatic carbocycles. The van der Waals surface area contributed by atoms with Gasteiger partial charge < -0.3 is 15.4 Å². The minimum Gasteiger partial charge on any atom is -0.376 e. The van der Waals surface area contributed by atoms with Crippen LogP contribution in [0.15, 0.2) is 24.3 Å². The molecule has 0 aliphatic carbocycles. The van der Waals surface area contributed by atoms with Crippen LogP contribution in [-0.2, 0) is 35.7 Å². The molecule has 2 aromatic rings. The van der Waals surface area contributed by atoms with Crippen LogP contribution in [0, 0.1) is 0 Å². The number of carbonyl (C=O) groups is 2. The van der Waals surface area contributed by atoms with Gasteiger partial charge in [-0.05, 0) is 37.1 Å². The predicted octanol–water partition coefficient (Wildman–Crippen LogP) is 1.19. The fraction of sp³-hybridized carbons (Fsp3) is 0.389. The van der Waals surface area contributed by atoms with Gasteiger partial charge in [-0.3, -0.25) is 9.59 Å². The first kappa shape index (κ1) is 19.9. The number of amides is 2. The lowest BCUT2D eigenvalue weighted by atomic mass is 10.2. The molecule has 2 aliphatic rings. The molecule has 0 radical (unpaired) electrons. The van der Waals surface area contributed by atoms with E-state index in [0.717, 1.165) is 12.8 Å². The molecule has 29 heavy (non-hydrogen) atoms. The highest BCUT2D eigenvalue weighted by molar-refractivity contribution is 7.90. The van der Waals surface area contributed by atoms with Crippen LogP contribution in [0.2, 0.25) is 5.02 Å². The Morgan fingerprint density at radius 1 is 1.21 bits per heavy atom. The van der Waals surface area contributed by atoms with Crippen molar-refractivity contribution in [3.05, 3.63) is 40.5 Å². The quantitative estimate of drug-likeness (QED) is 0.692. The second-order valence-corrected chi connectivity index (χ2v) is 9.49. The van der Waals surface area contributed by atoms with Gasteiger partial charge >= 0.3 is 11.8 Å². The number of fused-ring (bicyclic) bond motifs is 1. The van der Waals surface area contributed by atoms with Crippen LogP contribution in [0.1, 0.15) is 24.1 Å². The number of aromatic nitrogens is 2. The Bertz CT molecular complexity index is 1060. The zero-order valence-corrected chi connectivity index (χ0v) is 16.9. The predicted molar refractivity (Wildman–Crippen MR) is 106 cm³/mol. The van der Waals surface area contributed by atoms with Crippen LogP contribution >= 0.6 is 11.6 Å². The highest BCUT2D eigenvalue weighted by Gasteiger charge is 2.34. The van der Waals surface area contributed by atoms with E-state index in [-0.39, 0.29) is 30.0 Å². The Morgan fingerprint density at radius 3 is 2.66 bits per heavy atom. The molecule has 2 amide bonds. The lowest BCUT2D eigenvalue weighted by molar-refractivity contribution is -0.136. The van der Waals surface area contributed by atoms with Crippen LogP contribution in [0.5, 0.6) is 0 Å². The van der Waals surface area contributed by atoms with Crippen molar-refractivity contribution in [2.45, 2.75) is 30.5 Å². The molecule has 154 valence electrons. The monoisotopic (exact) mass is 438 g/mol. The Morgan fingerprint density at radius 2 is 1.97 bits per heavy atom. The molecule has 11 heteroatoms. The first-order chi connectivity index (χ1) is 13.8.